The van der Waals surface area contributed by atoms with Gasteiger partial charge in [0.15, 0.2) is 0 Å². The number of sulfone groups is 1. The van der Waals surface area contributed by atoms with Crippen LogP contribution in [0.3, 0.4) is 0 Å². The van der Waals surface area contributed by atoms with E-state index < -0.39 is 27.1 Å². The summed E-state index contributed by atoms with van der Waals surface area (Å²) in [6, 6.07) is 9.96. The van der Waals surface area contributed by atoms with E-state index in [9.17, 15) is 17.6 Å². The first-order valence-corrected chi connectivity index (χ1v) is 10.3. The number of carbonyl (C=O) groups is 1. The van der Waals surface area contributed by atoms with Crippen LogP contribution in [0.1, 0.15) is 43.2 Å². The molecule has 1 aliphatic carbocycles. The molecule has 2 aromatic rings. The average molecular weight is 390 g/mol. The van der Waals surface area contributed by atoms with Crippen molar-refractivity contribution in [3.8, 4) is 0 Å². The maximum absolute atomic E-state index is 13.4. The molecule has 0 fully saturated rings. The second-order valence-corrected chi connectivity index (χ2v) is 9.35. The van der Waals surface area contributed by atoms with Gasteiger partial charge in [0.2, 0.25) is 15.7 Å². The highest BCUT2D eigenvalue weighted by atomic mass is 32.2. The SMILES string of the molecule is CC(N)(C[C@@H]1CCCc2cc(S(=O)(=O)c3cccc(F)c3)ccc21)C(N)=O. The van der Waals surface area contributed by atoms with Crippen molar-refractivity contribution in [2.75, 3.05) is 0 Å². The van der Waals surface area contributed by atoms with Crippen LogP contribution in [0.15, 0.2) is 52.3 Å². The highest BCUT2D eigenvalue weighted by molar-refractivity contribution is 7.91. The Balaban J connectivity index is 1.96. The van der Waals surface area contributed by atoms with Gasteiger partial charge in [0.1, 0.15) is 5.82 Å². The molecule has 0 saturated heterocycles. The third-order valence-corrected chi connectivity index (χ3v) is 6.95. The molecule has 7 heteroatoms. The number of hydrogen-bond donors (Lipinski definition) is 2. The standard InChI is InChI=1S/C20H23FN2O3S/c1-20(23,19(22)24)12-14-5-2-4-13-10-17(8-9-18(13)14)27(25,26)16-7-3-6-15(21)11-16/h3,6-11,14H,2,4-5,12,23H2,1H3,(H2,22,24)/t14-,20?/m0/s1. The molecule has 2 atom stereocenters. The summed E-state index contributed by atoms with van der Waals surface area (Å²) < 4.78 is 39.1. The monoisotopic (exact) mass is 390 g/mol. The second-order valence-electron chi connectivity index (χ2n) is 7.40. The molecule has 1 aliphatic rings. The summed E-state index contributed by atoms with van der Waals surface area (Å²) in [4.78, 5) is 11.6. The number of hydrogen-bond acceptors (Lipinski definition) is 4. The highest BCUT2D eigenvalue weighted by Gasteiger charge is 2.33. The first kappa shape index (κ1) is 19.5. The number of aryl methyl sites for hydroxylation is 1. The van der Waals surface area contributed by atoms with Crippen molar-refractivity contribution in [1.82, 2.24) is 0 Å². The Morgan fingerprint density at radius 1 is 1.22 bits per heavy atom. The summed E-state index contributed by atoms with van der Waals surface area (Å²) in [6.45, 7) is 1.62. The van der Waals surface area contributed by atoms with Crippen LogP contribution in [-0.4, -0.2) is 19.9 Å². The number of rotatable bonds is 5. The molecule has 4 N–H and O–H groups in total. The van der Waals surface area contributed by atoms with Gasteiger partial charge in [-0.3, -0.25) is 4.79 Å². The van der Waals surface area contributed by atoms with Crippen LogP contribution in [-0.2, 0) is 21.1 Å². The Morgan fingerprint density at radius 3 is 2.59 bits per heavy atom. The summed E-state index contributed by atoms with van der Waals surface area (Å²) in [5, 5.41) is 0. The number of benzene rings is 2. The van der Waals surface area contributed by atoms with Crippen LogP contribution in [0.25, 0.3) is 0 Å². The van der Waals surface area contributed by atoms with Crippen molar-refractivity contribution in [3.63, 3.8) is 0 Å². The van der Waals surface area contributed by atoms with E-state index in [0.29, 0.717) is 6.42 Å². The van der Waals surface area contributed by atoms with Gasteiger partial charge in [-0.2, -0.15) is 0 Å². The molecule has 144 valence electrons. The van der Waals surface area contributed by atoms with Gasteiger partial charge in [-0.15, -0.1) is 0 Å². The highest BCUT2D eigenvalue weighted by Crippen LogP contribution is 2.38. The molecule has 0 saturated carbocycles. The number of carbonyl (C=O) groups excluding carboxylic acids is 1. The topological polar surface area (TPSA) is 103 Å². The van der Waals surface area contributed by atoms with Crippen LogP contribution in [0, 0.1) is 5.82 Å². The zero-order valence-corrected chi connectivity index (χ0v) is 15.9. The summed E-state index contributed by atoms with van der Waals surface area (Å²) in [5.74, 6) is -1.11. The van der Waals surface area contributed by atoms with E-state index in [2.05, 4.69) is 0 Å². The van der Waals surface area contributed by atoms with Gasteiger partial charge < -0.3 is 11.5 Å². The minimum Gasteiger partial charge on any atom is -0.368 e. The van der Waals surface area contributed by atoms with Crippen LogP contribution in [0.2, 0.25) is 0 Å². The van der Waals surface area contributed by atoms with E-state index in [1.54, 1.807) is 19.1 Å². The number of primary amides is 1. The van der Waals surface area contributed by atoms with Crippen LogP contribution in [0.5, 0.6) is 0 Å². The van der Waals surface area contributed by atoms with Gasteiger partial charge in [-0.1, -0.05) is 12.1 Å². The van der Waals surface area contributed by atoms with Crippen LogP contribution < -0.4 is 11.5 Å². The Bertz CT molecular complexity index is 986. The van der Waals surface area contributed by atoms with Crippen molar-refractivity contribution in [2.24, 2.45) is 11.5 Å². The lowest BCUT2D eigenvalue weighted by Gasteiger charge is -2.31. The maximum Gasteiger partial charge on any atom is 0.237 e. The lowest BCUT2D eigenvalue weighted by atomic mass is 9.76. The number of nitrogens with two attached hydrogens (primary N) is 2. The van der Waals surface area contributed by atoms with Crippen LogP contribution >= 0.6 is 0 Å². The summed E-state index contributed by atoms with van der Waals surface area (Å²) in [6.07, 6.45) is 2.89. The number of halogens is 1. The molecule has 0 radical (unpaired) electrons. The third kappa shape index (κ3) is 3.89. The summed E-state index contributed by atoms with van der Waals surface area (Å²) in [7, 11) is -3.80. The van der Waals surface area contributed by atoms with Gasteiger partial charge in [-0.25, -0.2) is 12.8 Å². The fraction of sp³-hybridized carbons (Fsp3) is 0.350. The van der Waals surface area contributed by atoms with Crippen molar-refractivity contribution in [1.29, 1.82) is 0 Å². The first-order chi connectivity index (χ1) is 12.6. The molecule has 2 aromatic carbocycles. The van der Waals surface area contributed by atoms with Crippen molar-refractivity contribution in [2.45, 2.75) is 53.9 Å². The Kier molecular flexibility index (Phi) is 5.10. The van der Waals surface area contributed by atoms with Gasteiger partial charge in [-0.05, 0) is 80.0 Å². The molecular weight excluding hydrogens is 367 g/mol. The van der Waals surface area contributed by atoms with Crippen molar-refractivity contribution < 1.29 is 17.6 Å². The lowest BCUT2D eigenvalue weighted by Crippen LogP contribution is -2.50. The molecule has 27 heavy (non-hydrogen) atoms. The minimum atomic E-state index is -3.80. The smallest absolute Gasteiger partial charge is 0.237 e. The van der Waals surface area contributed by atoms with Gasteiger partial charge >= 0.3 is 0 Å². The molecule has 0 heterocycles. The second kappa shape index (κ2) is 7.05. The predicted molar refractivity (Wildman–Crippen MR) is 100 cm³/mol. The quantitative estimate of drug-likeness (QED) is 0.819. The third-order valence-electron chi connectivity index (χ3n) is 5.20. The molecule has 0 spiro atoms. The number of amides is 1. The average Bonchev–Trinajstić information content (AvgIpc) is 2.61. The molecule has 3 rings (SSSR count). The van der Waals surface area contributed by atoms with E-state index in [4.69, 9.17) is 11.5 Å². The first-order valence-electron chi connectivity index (χ1n) is 8.83. The van der Waals surface area contributed by atoms with Gasteiger partial charge in [0.05, 0.1) is 15.3 Å². The molecule has 0 bridgehead atoms. The maximum atomic E-state index is 13.4. The molecule has 1 unspecified atom stereocenters. The molecular formula is C20H23FN2O3S. The molecule has 0 aromatic heterocycles. The van der Waals surface area contributed by atoms with E-state index in [0.717, 1.165) is 36.5 Å². The summed E-state index contributed by atoms with van der Waals surface area (Å²) in [5.41, 5.74) is 12.2. The molecule has 0 aliphatic heterocycles. The molecule has 5 nitrogen and oxygen atoms in total. The molecule has 1 amide bonds. The lowest BCUT2D eigenvalue weighted by molar-refractivity contribution is -0.122. The fourth-order valence-corrected chi connectivity index (χ4v) is 5.00. The van der Waals surface area contributed by atoms with E-state index in [1.165, 1.54) is 24.3 Å². The van der Waals surface area contributed by atoms with Gasteiger partial charge in [0, 0.05) is 0 Å². The Morgan fingerprint density at radius 2 is 1.93 bits per heavy atom. The minimum absolute atomic E-state index is 0.0437. The van der Waals surface area contributed by atoms with E-state index in [-0.39, 0.29) is 15.7 Å². The Hall–Kier alpha value is -2.25. The van der Waals surface area contributed by atoms with Crippen LogP contribution in [0.4, 0.5) is 4.39 Å². The summed E-state index contributed by atoms with van der Waals surface area (Å²) >= 11 is 0. The fourth-order valence-electron chi connectivity index (χ4n) is 3.65. The number of fused-ring (bicyclic) bond motifs is 1. The zero-order valence-electron chi connectivity index (χ0n) is 15.1. The van der Waals surface area contributed by atoms with Crippen molar-refractivity contribution >= 4 is 15.7 Å². The van der Waals surface area contributed by atoms with E-state index >= 15 is 0 Å². The van der Waals surface area contributed by atoms with E-state index in [1.807, 2.05) is 0 Å². The normalized spacial score (nSPS) is 19.1. The largest absolute Gasteiger partial charge is 0.368 e. The van der Waals surface area contributed by atoms with Gasteiger partial charge in [0.25, 0.3) is 0 Å². The Labute approximate surface area is 158 Å². The zero-order chi connectivity index (χ0) is 19.8. The predicted octanol–water partition coefficient (Wildman–Crippen LogP) is 2.67. The van der Waals surface area contributed by atoms with Crippen molar-refractivity contribution in [3.05, 3.63) is 59.4 Å².